The standard InChI is InChI=1S/C62H40N6.C32H36B2O4.C22H15ClN2.CH3/c1-5-17-39(18-6-1)43-25-15-27-45(35-43)59-63-57(41-21-9-3-10-22-41)65-61(67-59)47-31-33-51-53(37-47)55-49-29-13-14-30-50(49)56(51)54-38-48(32-34-52(54)55)62-66-58(42-23-11-4-12-24-42)64-60(68-62)46-28-16-26-44(36-46)40-19-7-2-8-20-40;1-29(2)30(3,4)36-33(35-29)19-13-15-23-25(17-19)27-21-11-9-10-12-22(21)28(23)26-18-20(14-16-24(26)27)34-37-31(5,6)32(7,8)38-34;23-21-15-20(24-22(25-21)17-10-5-2-6-11-17)19-13-7-12-18(14-19)16-8-3-1-4-9-16;/h1-38,55-56H;9-18,27-28H,1-8H3;1-15H;1H3/q;;;-1. The summed E-state index contributed by atoms with van der Waals surface area (Å²) in [6.07, 6.45) is 0. The third-order valence-electron chi connectivity index (χ3n) is 27.5. The van der Waals surface area contributed by atoms with Crippen LogP contribution in [0.15, 0.2) is 382 Å². The van der Waals surface area contributed by atoms with E-state index in [1.807, 2.05) is 109 Å². The van der Waals surface area contributed by atoms with Crippen LogP contribution in [0.2, 0.25) is 5.15 Å². The van der Waals surface area contributed by atoms with E-state index in [1.165, 1.54) is 72.3 Å². The van der Waals surface area contributed by atoms with Gasteiger partial charge in [0.05, 0.1) is 28.1 Å². The van der Waals surface area contributed by atoms with Crippen molar-refractivity contribution in [1.82, 2.24) is 39.9 Å². The quantitative estimate of drug-likeness (QED) is 0.0616. The molecule has 3 aromatic heterocycles. The van der Waals surface area contributed by atoms with Crippen molar-refractivity contribution in [3.63, 3.8) is 0 Å². The van der Waals surface area contributed by atoms with Gasteiger partial charge in [-0.3, -0.25) is 0 Å². The fraction of sp³-hybridized carbons (Fsp3) is 0.137. The molecule has 132 heavy (non-hydrogen) atoms. The van der Waals surface area contributed by atoms with Crippen molar-refractivity contribution in [2.45, 2.75) is 101 Å². The maximum absolute atomic E-state index is 6.42. The lowest BCUT2D eigenvalue weighted by Gasteiger charge is -2.42. The molecule has 0 radical (unpaired) electrons. The zero-order valence-corrected chi connectivity index (χ0v) is 75.7. The lowest BCUT2D eigenvalue weighted by atomic mass is 9.59. The predicted molar refractivity (Wildman–Crippen MR) is 534 cm³/mol. The molecule has 26 rings (SSSR count). The van der Waals surface area contributed by atoms with E-state index in [9.17, 15) is 0 Å². The first-order chi connectivity index (χ1) is 63.8. The monoisotopic (exact) mass is 1730 g/mol. The van der Waals surface area contributed by atoms with Crippen LogP contribution in [0.4, 0.5) is 0 Å². The van der Waals surface area contributed by atoms with Crippen LogP contribution >= 0.6 is 11.6 Å². The Morgan fingerprint density at radius 2 is 0.424 bits per heavy atom. The maximum Gasteiger partial charge on any atom is 0.494 e. The summed E-state index contributed by atoms with van der Waals surface area (Å²) in [5, 5.41) is 0.439. The molecule has 18 aromatic rings. The summed E-state index contributed by atoms with van der Waals surface area (Å²) in [5.74, 6) is 4.84. The maximum atomic E-state index is 6.42. The van der Waals surface area contributed by atoms with Crippen molar-refractivity contribution >= 4 is 36.8 Å². The van der Waals surface area contributed by atoms with Crippen molar-refractivity contribution < 1.29 is 18.6 Å². The molecule has 2 saturated heterocycles. The minimum atomic E-state index is -0.369. The number of hydrogen-bond donors (Lipinski definition) is 0. The molecule has 12 nitrogen and oxygen atoms in total. The zero-order chi connectivity index (χ0) is 88.9. The number of nitrogens with zero attached hydrogens (tertiary/aromatic N) is 8. The molecule has 0 saturated carbocycles. The molecule has 6 aliphatic carbocycles. The third kappa shape index (κ3) is 15.7. The van der Waals surface area contributed by atoms with Gasteiger partial charge in [-0.1, -0.05) is 357 Å². The Hall–Kier alpha value is -14.3. The largest absolute Gasteiger partial charge is 0.494 e. The molecule has 0 amide bonds. The highest BCUT2D eigenvalue weighted by Gasteiger charge is 2.54. The first kappa shape index (κ1) is 84.5. The molecule has 2 fully saturated rings. The average molecular weight is 1730 g/mol. The van der Waals surface area contributed by atoms with E-state index in [4.69, 9.17) is 65.1 Å². The van der Waals surface area contributed by atoms with E-state index in [1.54, 1.807) is 6.07 Å². The SMILES string of the molecule is CC1(C)OB(c2ccc3c(c2)C2c4ccccc4C3c3cc(B4OC(C)(C)C(C)(C)O4)ccc32)OC1(C)C.Clc1cc(-c2cccc(-c3ccccc3)c2)nc(-c2ccccc2)n1.[CH3-].c1ccc(-c2cccc(-c3nc(-c4ccccc4)nc(-c4ccc5c(c4)C4c6ccccc6C5c5cc(-c6nc(-c7ccccc7)nc(-c7cccc(-c8ccccc8)c7)n6)ccc54)n3)c2)cc1. The van der Waals surface area contributed by atoms with Gasteiger partial charge in [0.25, 0.3) is 0 Å². The van der Waals surface area contributed by atoms with Crippen molar-refractivity contribution in [2.75, 3.05) is 0 Å². The van der Waals surface area contributed by atoms with E-state index in [0.29, 0.717) is 45.9 Å². The summed E-state index contributed by atoms with van der Waals surface area (Å²) in [6.45, 7) is 16.9. The molecule has 2 aliphatic heterocycles. The van der Waals surface area contributed by atoms with Crippen LogP contribution in [0.1, 0.15) is 146 Å². The summed E-state index contributed by atoms with van der Waals surface area (Å²) >= 11 is 6.26. The Bertz CT molecular complexity index is 7050. The van der Waals surface area contributed by atoms with Gasteiger partial charge < -0.3 is 26.0 Å². The summed E-state index contributed by atoms with van der Waals surface area (Å²) in [6, 6.07) is 133. The average Bonchev–Trinajstić information content (AvgIpc) is 1.63. The lowest BCUT2D eigenvalue weighted by Crippen LogP contribution is -2.41. The summed E-state index contributed by atoms with van der Waals surface area (Å²) in [5.41, 5.74) is 32.0. The highest BCUT2D eigenvalue weighted by molar-refractivity contribution is 6.62. The molecular formula is C117H94B2ClN8O4-. The van der Waals surface area contributed by atoms with E-state index >= 15 is 0 Å². The van der Waals surface area contributed by atoms with Gasteiger partial charge in [-0.2, -0.15) is 0 Å². The van der Waals surface area contributed by atoms with Crippen molar-refractivity contribution in [3.8, 4) is 124 Å². The fourth-order valence-corrected chi connectivity index (χ4v) is 19.6. The molecule has 15 aromatic carbocycles. The normalized spacial score (nSPS) is 17.0. The smallest absolute Gasteiger partial charge is 0.399 e. The first-order valence-electron chi connectivity index (χ1n) is 44.9. The predicted octanol–water partition coefficient (Wildman–Crippen LogP) is 26.2. The van der Waals surface area contributed by atoms with Crippen LogP contribution in [0.3, 0.4) is 0 Å². The number of aromatic nitrogens is 8. The van der Waals surface area contributed by atoms with E-state index in [2.05, 4.69) is 327 Å². The van der Waals surface area contributed by atoms with Crippen LogP contribution in [-0.4, -0.2) is 76.5 Å². The molecule has 5 heterocycles. The summed E-state index contributed by atoms with van der Waals surface area (Å²) < 4.78 is 25.7. The third-order valence-corrected chi connectivity index (χ3v) is 27.7. The topological polar surface area (TPSA) is 140 Å². The molecule has 0 N–H and O–H groups in total. The van der Waals surface area contributed by atoms with Crippen molar-refractivity contribution in [3.05, 3.63) is 462 Å². The number of hydrogen-bond acceptors (Lipinski definition) is 12. The van der Waals surface area contributed by atoms with Crippen LogP contribution in [0.5, 0.6) is 0 Å². The van der Waals surface area contributed by atoms with E-state index in [0.717, 1.165) is 88.9 Å². The van der Waals surface area contributed by atoms with Crippen molar-refractivity contribution in [2.24, 2.45) is 0 Å². The lowest BCUT2D eigenvalue weighted by molar-refractivity contribution is 0.00578. The molecular weight excluding hydrogens is 1640 g/mol. The minimum absolute atomic E-state index is 0. The summed E-state index contributed by atoms with van der Waals surface area (Å²) in [4.78, 5) is 40.0. The van der Waals surface area contributed by atoms with Gasteiger partial charge >= 0.3 is 14.2 Å². The first-order valence-corrected chi connectivity index (χ1v) is 45.3. The molecule has 0 spiro atoms. The van der Waals surface area contributed by atoms with Gasteiger partial charge in [0, 0.05) is 74.2 Å². The molecule has 8 aliphatic rings. The van der Waals surface area contributed by atoms with Crippen LogP contribution in [0.25, 0.3) is 124 Å². The Kier molecular flexibility index (Phi) is 21.9. The highest BCUT2D eigenvalue weighted by Crippen LogP contribution is 2.59. The van der Waals surface area contributed by atoms with Crippen molar-refractivity contribution in [1.29, 1.82) is 0 Å². The Labute approximate surface area is 777 Å². The number of halogens is 1. The van der Waals surface area contributed by atoms with E-state index < -0.39 is 0 Å². The molecule has 640 valence electrons. The Morgan fingerprint density at radius 3 is 0.742 bits per heavy atom. The van der Waals surface area contributed by atoms with Crippen LogP contribution < -0.4 is 10.9 Å². The van der Waals surface area contributed by atoms with Gasteiger partial charge in [-0.25, -0.2) is 39.9 Å². The number of rotatable bonds is 13. The molecule has 4 bridgehead atoms. The van der Waals surface area contributed by atoms with Gasteiger partial charge in [-0.05, 0) is 197 Å². The number of benzene rings is 15. The Morgan fingerprint density at radius 1 is 0.197 bits per heavy atom. The van der Waals surface area contributed by atoms with Gasteiger partial charge in [0.2, 0.25) is 0 Å². The second-order valence-corrected chi connectivity index (χ2v) is 37.0. The second-order valence-electron chi connectivity index (χ2n) is 36.6. The fourth-order valence-electron chi connectivity index (χ4n) is 19.4. The van der Waals surface area contributed by atoms with Crippen LogP contribution in [-0.2, 0) is 18.6 Å². The van der Waals surface area contributed by atoms with Crippen LogP contribution in [0, 0.1) is 7.43 Å². The summed E-state index contributed by atoms with van der Waals surface area (Å²) in [7, 11) is -0.738. The molecule has 4 atom stereocenters. The second kappa shape index (κ2) is 34.2. The van der Waals surface area contributed by atoms with Gasteiger partial charge in [0.1, 0.15) is 5.15 Å². The van der Waals surface area contributed by atoms with Gasteiger partial charge in [0.15, 0.2) is 40.8 Å². The van der Waals surface area contributed by atoms with E-state index in [-0.39, 0.29) is 67.7 Å². The van der Waals surface area contributed by atoms with Gasteiger partial charge in [-0.15, -0.1) is 0 Å². The Balaban J connectivity index is 0.000000137. The molecule has 4 unspecified atom stereocenters. The zero-order valence-electron chi connectivity index (χ0n) is 74.9. The highest BCUT2D eigenvalue weighted by atomic mass is 35.5. The minimum Gasteiger partial charge on any atom is -0.399 e. The molecule has 15 heteroatoms.